The van der Waals surface area contributed by atoms with E-state index in [-0.39, 0.29) is 20.4 Å². The Hall–Kier alpha value is 0.582. The molecule has 0 aromatic carbocycles. The molecule has 0 aliphatic carbocycles. The van der Waals surface area contributed by atoms with Crippen LogP contribution in [-0.4, -0.2) is 42.0 Å². The fourth-order valence-corrected chi connectivity index (χ4v) is 1.51. The monoisotopic (exact) mass is 342 g/mol. The van der Waals surface area contributed by atoms with Gasteiger partial charge in [0.1, 0.15) is 0 Å². The molecule has 1 fully saturated rings. The van der Waals surface area contributed by atoms with Crippen LogP contribution < -0.4 is 0 Å². The van der Waals surface area contributed by atoms with Crippen molar-refractivity contribution in [2.24, 2.45) is 0 Å². The topological polar surface area (TPSA) is 6.48 Å². The Bertz CT molecular complexity index is 109. The van der Waals surface area contributed by atoms with Gasteiger partial charge in [0.05, 0.1) is 0 Å². The smallest absolute Gasteiger partial charge is 0.00885 e. The third kappa shape index (κ3) is 3.53. The second-order valence-corrected chi connectivity index (χ2v) is 3.42. The molecule has 1 saturated heterocycles. The minimum absolute atomic E-state index is 0. The molecule has 1 radical (unpaired) electrons. The van der Waals surface area contributed by atoms with Gasteiger partial charge in [-0.2, -0.15) is 6.92 Å². The molecule has 2 nitrogen and oxygen atoms in total. The van der Waals surface area contributed by atoms with Crippen LogP contribution in [0.3, 0.4) is 0 Å². The summed E-state index contributed by atoms with van der Waals surface area (Å²) in [6, 6.07) is 0.717. The van der Waals surface area contributed by atoms with E-state index < -0.39 is 0 Å². The standard InChI is InChI=1S/C9H19N2.Re/c1-4-10-5-7-11(8-6-10)9(2)3;/h4,9H,5-8H2,1-3H3;/q-1;. The molecule has 0 amide bonds. The van der Waals surface area contributed by atoms with Crippen LogP contribution in [0, 0.1) is 6.54 Å². The molecule has 1 heterocycles. The summed E-state index contributed by atoms with van der Waals surface area (Å²) in [6.07, 6.45) is 0. The molecule has 3 heteroatoms. The zero-order valence-corrected chi connectivity index (χ0v) is 11.0. The van der Waals surface area contributed by atoms with Crippen molar-refractivity contribution in [3.8, 4) is 0 Å². The van der Waals surface area contributed by atoms with E-state index in [1.807, 2.05) is 0 Å². The van der Waals surface area contributed by atoms with Gasteiger partial charge in [0, 0.05) is 39.6 Å². The van der Waals surface area contributed by atoms with Crippen LogP contribution >= 0.6 is 0 Å². The zero-order valence-electron chi connectivity index (χ0n) is 8.26. The van der Waals surface area contributed by atoms with Crippen molar-refractivity contribution >= 4 is 0 Å². The number of rotatable bonds is 2. The number of hydrogen-bond donors (Lipinski definition) is 0. The van der Waals surface area contributed by atoms with E-state index in [9.17, 15) is 0 Å². The Kier molecular flexibility index (Phi) is 6.40. The van der Waals surface area contributed by atoms with Gasteiger partial charge in [-0.1, -0.05) is 0 Å². The SMILES string of the molecule is C[CH-]N1CCN(C(C)C)CC1.[Re]. The Labute approximate surface area is 90.0 Å². The molecule has 0 unspecified atom stereocenters. The van der Waals surface area contributed by atoms with Crippen molar-refractivity contribution in [2.75, 3.05) is 26.2 Å². The summed E-state index contributed by atoms with van der Waals surface area (Å²) in [7, 11) is 0. The number of nitrogens with zero attached hydrogens (tertiary/aromatic N) is 2. The first kappa shape index (κ1) is 12.6. The van der Waals surface area contributed by atoms with Gasteiger partial charge < -0.3 is 4.90 Å². The third-order valence-electron chi connectivity index (χ3n) is 2.44. The van der Waals surface area contributed by atoms with E-state index in [4.69, 9.17) is 0 Å². The van der Waals surface area contributed by atoms with Crippen molar-refractivity contribution in [3.05, 3.63) is 6.54 Å². The average molecular weight is 341 g/mol. The van der Waals surface area contributed by atoms with Gasteiger partial charge in [0.15, 0.2) is 0 Å². The van der Waals surface area contributed by atoms with Crippen molar-refractivity contribution in [1.82, 2.24) is 9.80 Å². The first-order chi connectivity index (χ1) is 5.24. The Morgan fingerprint density at radius 1 is 1.08 bits per heavy atom. The van der Waals surface area contributed by atoms with E-state index in [0.717, 1.165) is 0 Å². The fraction of sp³-hybridized carbons (Fsp3) is 0.889. The molecule has 0 bridgehead atoms. The largest absolute Gasteiger partial charge is 0.455 e. The van der Waals surface area contributed by atoms with Crippen LogP contribution in [0.15, 0.2) is 0 Å². The normalized spacial score (nSPS) is 21.0. The molecule has 1 rings (SSSR count). The predicted octanol–water partition coefficient (Wildman–Crippen LogP) is 1.19. The van der Waals surface area contributed by atoms with Crippen molar-refractivity contribution in [3.63, 3.8) is 0 Å². The molecule has 1 aliphatic heterocycles. The Morgan fingerprint density at radius 2 is 1.58 bits per heavy atom. The molecule has 1 aliphatic rings. The van der Waals surface area contributed by atoms with Crippen LogP contribution in [0.4, 0.5) is 0 Å². The maximum atomic E-state index is 2.53. The first-order valence-corrected chi connectivity index (χ1v) is 4.51. The zero-order chi connectivity index (χ0) is 8.27. The summed E-state index contributed by atoms with van der Waals surface area (Å²) in [6.45, 7) is 13.7. The number of piperazine rings is 1. The molecule has 0 N–H and O–H groups in total. The summed E-state index contributed by atoms with van der Waals surface area (Å²) in [5.74, 6) is 0. The van der Waals surface area contributed by atoms with Crippen LogP contribution in [-0.2, 0) is 20.4 Å². The molecule has 0 saturated carbocycles. The van der Waals surface area contributed by atoms with Crippen molar-refractivity contribution in [2.45, 2.75) is 26.8 Å². The summed E-state index contributed by atoms with van der Waals surface area (Å²) in [5, 5.41) is 0. The maximum absolute atomic E-state index is 2.53. The predicted molar refractivity (Wildman–Crippen MR) is 48.3 cm³/mol. The van der Waals surface area contributed by atoms with Crippen molar-refractivity contribution in [1.29, 1.82) is 0 Å². The molecular weight excluding hydrogens is 322 g/mol. The van der Waals surface area contributed by atoms with Gasteiger partial charge in [-0.15, -0.1) is 0 Å². The van der Waals surface area contributed by atoms with Gasteiger partial charge in [-0.3, -0.25) is 11.4 Å². The van der Waals surface area contributed by atoms with Gasteiger partial charge in [0.2, 0.25) is 0 Å². The molecule has 0 atom stereocenters. The fourth-order valence-electron chi connectivity index (χ4n) is 1.51. The van der Waals surface area contributed by atoms with E-state index in [1.165, 1.54) is 26.2 Å². The molecule has 0 spiro atoms. The minimum atomic E-state index is 0. The van der Waals surface area contributed by atoms with Crippen LogP contribution in [0.5, 0.6) is 0 Å². The number of hydrogen-bond acceptors (Lipinski definition) is 2. The molecule has 0 aromatic rings. The third-order valence-corrected chi connectivity index (χ3v) is 2.44. The van der Waals surface area contributed by atoms with Crippen LogP contribution in [0.2, 0.25) is 0 Å². The first-order valence-electron chi connectivity index (χ1n) is 4.51. The van der Waals surface area contributed by atoms with E-state index >= 15 is 0 Å². The molecule has 0 aromatic heterocycles. The average Bonchev–Trinajstić information content (AvgIpc) is 2.05. The van der Waals surface area contributed by atoms with Gasteiger partial charge >= 0.3 is 0 Å². The van der Waals surface area contributed by atoms with Crippen molar-refractivity contribution < 1.29 is 20.4 Å². The van der Waals surface area contributed by atoms with E-state index in [2.05, 4.69) is 37.1 Å². The summed E-state index contributed by atoms with van der Waals surface area (Å²) >= 11 is 0. The maximum Gasteiger partial charge on any atom is 0.00885 e. The van der Waals surface area contributed by atoms with E-state index in [0.29, 0.717) is 6.04 Å². The second-order valence-electron chi connectivity index (χ2n) is 3.42. The molecular formula is C9H19N2Re-. The van der Waals surface area contributed by atoms with Crippen LogP contribution in [0.25, 0.3) is 0 Å². The quantitative estimate of drug-likeness (QED) is 0.696. The van der Waals surface area contributed by atoms with Gasteiger partial charge in [-0.05, 0) is 26.9 Å². The van der Waals surface area contributed by atoms with E-state index in [1.54, 1.807) is 0 Å². The minimum Gasteiger partial charge on any atom is -0.455 e. The summed E-state index contributed by atoms with van der Waals surface area (Å²) in [5.41, 5.74) is 0. The van der Waals surface area contributed by atoms with Gasteiger partial charge in [0.25, 0.3) is 0 Å². The molecule has 12 heavy (non-hydrogen) atoms. The molecule has 73 valence electrons. The Morgan fingerprint density at radius 3 is 1.92 bits per heavy atom. The summed E-state index contributed by atoms with van der Waals surface area (Å²) in [4.78, 5) is 4.92. The van der Waals surface area contributed by atoms with Gasteiger partial charge in [-0.25, -0.2) is 0 Å². The second kappa shape index (κ2) is 6.10. The Balaban J connectivity index is 0.00000121. The van der Waals surface area contributed by atoms with Crippen LogP contribution in [0.1, 0.15) is 20.8 Å². The summed E-state index contributed by atoms with van der Waals surface area (Å²) < 4.78 is 0.